The molecule has 0 amide bonds. The average Bonchev–Trinajstić information content (AvgIpc) is 2.03. The number of likely N-dealkylation sites (N-methyl/N-ethyl adjacent to an activating group) is 1. The molecule has 0 aliphatic rings. The minimum atomic E-state index is 0.349. The molecule has 0 heterocycles. The highest BCUT2D eigenvalue weighted by Crippen LogP contribution is 2.01. The van der Waals surface area contributed by atoms with E-state index in [-0.39, 0.29) is 0 Å². The molecule has 1 unspecified atom stereocenters. The number of alkyl halides is 1. The van der Waals surface area contributed by atoms with Crippen molar-refractivity contribution in [2.45, 2.75) is 26.9 Å². The van der Waals surface area contributed by atoms with Gasteiger partial charge in [-0.15, -0.1) is 0 Å². The van der Waals surface area contributed by atoms with E-state index in [1.165, 1.54) is 0 Å². The quantitative estimate of drug-likeness (QED) is 0.645. The number of rotatable bonds is 7. The van der Waals surface area contributed by atoms with E-state index in [2.05, 4.69) is 48.6 Å². The van der Waals surface area contributed by atoms with Crippen LogP contribution in [0.15, 0.2) is 0 Å². The van der Waals surface area contributed by atoms with Crippen LogP contribution in [0.4, 0.5) is 0 Å². The smallest absolute Gasteiger partial charge is 0.0596 e. The minimum Gasteiger partial charge on any atom is -0.377 e. The Morgan fingerprint density at radius 3 is 2.38 bits per heavy atom. The van der Waals surface area contributed by atoms with Crippen LogP contribution in [0.25, 0.3) is 0 Å². The fourth-order valence-corrected chi connectivity index (χ4v) is 1.32. The summed E-state index contributed by atoms with van der Waals surface area (Å²) in [6.45, 7) is 9.38. The van der Waals surface area contributed by atoms with Crippen molar-refractivity contribution in [3.8, 4) is 0 Å². The van der Waals surface area contributed by atoms with Crippen LogP contribution in [-0.2, 0) is 4.74 Å². The number of hydrogen-bond donors (Lipinski definition) is 0. The van der Waals surface area contributed by atoms with E-state index >= 15 is 0 Å². The lowest BCUT2D eigenvalue weighted by atomic mass is 10.2. The van der Waals surface area contributed by atoms with Gasteiger partial charge in [-0.25, -0.2) is 0 Å². The molecule has 2 nitrogen and oxygen atoms in total. The predicted molar refractivity (Wildman–Crippen MR) is 61.5 cm³/mol. The fraction of sp³-hybridized carbons (Fsp3) is 1.00. The monoisotopic (exact) mass is 251 g/mol. The third-order valence-electron chi connectivity index (χ3n) is 1.81. The van der Waals surface area contributed by atoms with Gasteiger partial charge in [0.2, 0.25) is 0 Å². The average molecular weight is 252 g/mol. The molecule has 0 rings (SSSR count). The van der Waals surface area contributed by atoms with Crippen LogP contribution < -0.4 is 0 Å². The first-order valence-corrected chi connectivity index (χ1v) is 6.04. The van der Waals surface area contributed by atoms with E-state index in [4.69, 9.17) is 4.74 Å². The molecule has 0 aliphatic heterocycles. The van der Waals surface area contributed by atoms with Gasteiger partial charge < -0.3 is 9.64 Å². The van der Waals surface area contributed by atoms with Crippen molar-refractivity contribution < 1.29 is 4.74 Å². The molecule has 0 spiro atoms. The van der Waals surface area contributed by atoms with Gasteiger partial charge >= 0.3 is 0 Å². The molecular formula is C10H22BrNO. The van der Waals surface area contributed by atoms with Crippen LogP contribution >= 0.6 is 15.9 Å². The topological polar surface area (TPSA) is 12.5 Å². The third kappa shape index (κ3) is 8.72. The second-order valence-corrected chi connectivity index (χ2v) is 4.59. The largest absolute Gasteiger partial charge is 0.377 e. The second-order valence-electron chi connectivity index (χ2n) is 3.94. The Kier molecular flexibility index (Phi) is 8.01. The zero-order valence-electron chi connectivity index (χ0n) is 9.22. The first-order valence-electron chi connectivity index (χ1n) is 4.92. The standard InChI is InChI=1S/C10H22BrNO/c1-9(2)13-6-5-12(4)8-10(3)7-11/h9-10H,5-8H2,1-4H3. The molecule has 0 saturated carbocycles. The van der Waals surface area contributed by atoms with E-state index in [0.29, 0.717) is 12.0 Å². The van der Waals surface area contributed by atoms with Crippen molar-refractivity contribution in [1.82, 2.24) is 4.90 Å². The molecule has 0 aromatic carbocycles. The number of hydrogen-bond acceptors (Lipinski definition) is 2. The van der Waals surface area contributed by atoms with Gasteiger partial charge in [-0.2, -0.15) is 0 Å². The summed E-state index contributed by atoms with van der Waals surface area (Å²) in [6.07, 6.45) is 0.349. The summed E-state index contributed by atoms with van der Waals surface area (Å²) in [4.78, 5) is 2.31. The van der Waals surface area contributed by atoms with Crippen molar-refractivity contribution in [3.05, 3.63) is 0 Å². The molecule has 0 N–H and O–H groups in total. The van der Waals surface area contributed by atoms with Crippen LogP contribution in [-0.4, -0.2) is 43.1 Å². The van der Waals surface area contributed by atoms with Gasteiger partial charge in [-0.05, 0) is 26.8 Å². The van der Waals surface area contributed by atoms with E-state index in [1.807, 2.05) is 0 Å². The van der Waals surface area contributed by atoms with Crippen molar-refractivity contribution in [2.24, 2.45) is 5.92 Å². The molecule has 0 saturated heterocycles. The molecule has 0 aromatic heterocycles. The first kappa shape index (κ1) is 13.4. The summed E-state index contributed by atoms with van der Waals surface area (Å²) in [7, 11) is 2.14. The molecule has 0 aliphatic carbocycles. The number of ether oxygens (including phenoxy) is 1. The van der Waals surface area contributed by atoms with Crippen molar-refractivity contribution in [2.75, 3.05) is 32.1 Å². The van der Waals surface area contributed by atoms with Crippen LogP contribution in [0.2, 0.25) is 0 Å². The van der Waals surface area contributed by atoms with E-state index in [0.717, 1.165) is 25.0 Å². The summed E-state index contributed by atoms with van der Waals surface area (Å²) < 4.78 is 5.47. The number of halogens is 1. The van der Waals surface area contributed by atoms with Crippen LogP contribution in [0.1, 0.15) is 20.8 Å². The lowest BCUT2D eigenvalue weighted by Crippen LogP contribution is -2.29. The normalized spacial score (nSPS) is 14.1. The van der Waals surface area contributed by atoms with E-state index < -0.39 is 0 Å². The van der Waals surface area contributed by atoms with Gasteiger partial charge in [-0.3, -0.25) is 0 Å². The Bertz CT molecular complexity index is 119. The maximum Gasteiger partial charge on any atom is 0.0596 e. The van der Waals surface area contributed by atoms with Crippen molar-refractivity contribution in [1.29, 1.82) is 0 Å². The molecule has 0 aromatic rings. The highest BCUT2D eigenvalue weighted by atomic mass is 79.9. The lowest BCUT2D eigenvalue weighted by Gasteiger charge is -2.20. The SMILES string of the molecule is CC(CBr)CN(C)CCOC(C)C. The molecule has 3 heteroatoms. The molecule has 1 atom stereocenters. The second kappa shape index (κ2) is 7.77. The zero-order valence-corrected chi connectivity index (χ0v) is 10.8. The van der Waals surface area contributed by atoms with Gasteiger partial charge in [0.1, 0.15) is 0 Å². The minimum absolute atomic E-state index is 0.349. The van der Waals surface area contributed by atoms with Crippen molar-refractivity contribution in [3.63, 3.8) is 0 Å². The van der Waals surface area contributed by atoms with E-state index in [9.17, 15) is 0 Å². The third-order valence-corrected chi connectivity index (χ3v) is 2.92. The number of nitrogens with zero attached hydrogens (tertiary/aromatic N) is 1. The molecule has 0 radical (unpaired) electrons. The molecule has 0 bridgehead atoms. The zero-order chi connectivity index (χ0) is 10.3. The predicted octanol–water partition coefficient (Wildman–Crippen LogP) is 2.37. The Balaban J connectivity index is 3.34. The van der Waals surface area contributed by atoms with Gasteiger partial charge in [0, 0.05) is 18.4 Å². The summed E-state index contributed by atoms with van der Waals surface area (Å²) in [6, 6.07) is 0. The fourth-order valence-electron chi connectivity index (χ4n) is 1.12. The van der Waals surface area contributed by atoms with Crippen LogP contribution in [0.5, 0.6) is 0 Å². The van der Waals surface area contributed by atoms with Gasteiger partial charge in [0.25, 0.3) is 0 Å². The highest BCUT2D eigenvalue weighted by molar-refractivity contribution is 9.09. The Hall–Kier alpha value is 0.400. The van der Waals surface area contributed by atoms with E-state index in [1.54, 1.807) is 0 Å². The lowest BCUT2D eigenvalue weighted by molar-refractivity contribution is 0.0622. The summed E-state index contributed by atoms with van der Waals surface area (Å²) >= 11 is 3.48. The summed E-state index contributed by atoms with van der Waals surface area (Å²) in [5.74, 6) is 0.712. The summed E-state index contributed by atoms with van der Waals surface area (Å²) in [5.41, 5.74) is 0. The van der Waals surface area contributed by atoms with Crippen LogP contribution in [0.3, 0.4) is 0 Å². The van der Waals surface area contributed by atoms with Gasteiger partial charge in [0.05, 0.1) is 12.7 Å². The molecular weight excluding hydrogens is 230 g/mol. The molecule has 13 heavy (non-hydrogen) atoms. The Labute approximate surface area is 90.8 Å². The maximum atomic E-state index is 5.47. The maximum absolute atomic E-state index is 5.47. The van der Waals surface area contributed by atoms with Crippen LogP contribution in [0, 0.1) is 5.92 Å². The Morgan fingerprint density at radius 2 is 1.92 bits per heavy atom. The first-order chi connectivity index (χ1) is 6.06. The molecule has 0 fully saturated rings. The highest BCUT2D eigenvalue weighted by Gasteiger charge is 2.04. The summed E-state index contributed by atoms with van der Waals surface area (Å²) in [5, 5.41) is 1.07. The van der Waals surface area contributed by atoms with Crippen molar-refractivity contribution >= 4 is 15.9 Å². The Morgan fingerprint density at radius 1 is 1.31 bits per heavy atom. The van der Waals surface area contributed by atoms with Gasteiger partial charge in [0.15, 0.2) is 0 Å². The molecule has 80 valence electrons. The van der Waals surface area contributed by atoms with Gasteiger partial charge in [-0.1, -0.05) is 22.9 Å².